The van der Waals surface area contributed by atoms with Crippen molar-refractivity contribution in [2.75, 3.05) is 0 Å². The number of phenols is 1. The Morgan fingerprint density at radius 3 is 2.59 bits per heavy atom. The summed E-state index contributed by atoms with van der Waals surface area (Å²) < 4.78 is 14.7. The van der Waals surface area contributed by atoms with E-state index < -0.39 is 17.8 Å². The third-order valence-electron chi connectivity index (χ3n) is 5.33. The van der Waals surface area contributed by atoms with Crippen molar-refractivity contribution in [3.63, 3.8) is 0 Å². The average molecular weight is 427 g/mol. The SMILES string of the molecule is O=C(c1cnc(-c2ccccc2)[nH]1)N1N=C(c2cccnc2)CC1c1c(O)cccc1F. The second kappa shape index (κ2) is 8.07. The average Bonchev–Trinajstić information content (AvgIpc) is 3.48. The Kier molecular flexibility index (Phi) is 4.95. The fourth-order valence-electron chi connectivity index (χ4n) is 3.78. The van der Waals surface area contributed by atoms with Crippen molar-refractivity contribution in [2.24, 2.45) is 5.10 Å². The van der Waals surface area contributed by atoms with Crippen LogP contribution in [0.1, 0.15) is 34.1 Å². The second-order valence-corrected chi connectivity index (χ2v) is 7.34. The maximum atomic E-state index is 14.7. The molecule has 0 saturated carbocycles. The number of benzene rings is 2. The molecule has 158 valence electrons. The van der Waals surface area contributed by atoms with E-state index in [0.29, 0.717) is 11.5 Å². The van der Waals surface area contributed by atoms with Crippen LogP contribution in [-0.2, 0) is 0 Å². The zero-order chi connectivity index (χ0) is 22.1. The van der Waals surface area contributed by atoms with E-state index >= 15 is 0 Å². The third-order valence-corrected chi connectivity index (χ3v) is 5.33. The van der Waals surface area contributed by atoms with Gasteiger partial charge in [-0.1, -0.05) is 42.5 Å². The van der Waals surface area contributed by atoms with Crippen molar-refractivity contribution in [1.82, 2.24) is 20.0 Å². The van der Waals surface area contributed by atoms with E-state index in [9.17, 15) is 14.3 Å². The zero-order valence-corrected chi connectivity index (χ0v) is 16.8. The van der Waals surface area contributed by atoms with E-state index in [-0.39, 0.29) is 23.4 Å². The molecule has 0 bridgehead atoms. The number of phenolic OH excluding ortho intramolecular Hbond substituents is 1. The Bertz CT molecular complexity index is 1280. The van der Waals surface area contributed by atoms with Crippen LogP contribution < -0.4 is 0 Å². The van der Waals surface area contributed by atoms with Gasteiger partial charge in [-0.05, 0) is 18.2 Å². The minimum atomic E-state index is -0.817. The molecule has 8 heteroatoms. The largest absolute Gasteiger partial charge is 0.507 e. The van der Waals surface area contributed by atoms with Crippen LogP contribution in [0.3, 0.4) is 0 Å². The van der Waals surface area contributed by atoms with Crippen molar-refractivity contribution < 1.29 is 14.3 Å². The summed E-state index contributed by atoms with van der Waals surface area (Å²) in [6.07, 6.45) is 4.93. The van der Waals surface area contributed by atoms with Crippen LogP contribution in [-0.4, -0.2) is 36.7 Å². The molecule has 1 atom stereocenters. The van der Waals surface area contributed by atoms with E-state index in [0.717, 1.165) is 11.1 Å². The molecule has 0 saturated heterocycles. The summed E-state index contributed by atoms with van der Waals surface area (Å²) in [5, 5.41) is 16.1. The van der Waals surface area contributed by atoms with Gasteiger partial charge in [0, 0.05) is 29.9 Å². The highest BCUT2D eigenvalue weighted by atomic mass is 19.1. The monoisotopic (exact) mass is 427 g/mol. The number of nitrogens with one attached hydrogen (secondary N) is 1. The van der Waals surface area contributed by atoms with Gasteiger partial charge in [-0.3, -0.25) is 9.78 Å². The lowest BCUT2D eigenvalue weighted by Gasteiger charge is -2.22. The number of carbonyl (C=O) groups excluding carboxylic acids is 1. The lowest BCUT2D eigenvalue weighted by atomic mass is 9.97. The molecule has 32 heavy (non-hydrogen) atoms. The summed E-state index contributed by atoms with van der Waals surface area (Å²) in [7, 11) is 0. The van der Waals surface area contributed by atoms with Gasteiger partial charge < -0.3 is 10.1 Å². The first-order valence-electron chi connectivity index (χ1n) is 10.0. The third kappa shape index (κ3) is 3.51. The van der Waals surface area contributed by atoms with Crippen molar-refractivity contribution in [3.8, 4) is 17.1 Å². The molecule has 2 N–H and O–H groups in total. The van der Waals surface area contributed by atoms with Crippen LogP contribution in [0.25, 0.3) is 11.4 Å². The highest BCUT2D eigenvalue weighted by molar-refractivity contribution is 6.04. The summed E-state index contributed by atoms with van der Waals surface area (Å²) >= 11 is 0. The first-order chi connectivity index (χ1) is 15.6. The van der Waals surface area contributed by atoms with E-state index in [1.165, 1.54) is 29.4 Å². The summed E-state index contributed by atoms with van der Waals surface area (Å²) in [6.45, 7) is 0. The minimum absolute atomic E-state index is 0.0197. The van der Waals surface area contributed by atoms with Gasteiger partial charge in [-0.15, -0.1) is 0 Å². The molecule has 1 amide bonds. The Balaban J connectivity index is 1.54. The first-order valence-corrected chi connectivity index (χ1v) is 10.0. The molecule has 4 aromatic rings. The molecule has 1 aliphatic rings. The molecule has 1 aliphatic heterocycles. The molecule has 5 rings (SSSR count). The molecule has 0 aliphatic carbocycles. The Morgan fingerprint density at radius 2 is 1.84 bits per heavy atom. The Morgan fingerprint density at radius 1 is 1.03 bits per heavy atom. The number of nitrogens with zero attached hydrogens (tertiary/aromatic N) is 4. The van der Waals surface area contributed by atoms with Crippen molar-refractivity contribution in [1.29, 1.82) is 0 Å². The summed E-state index contributed by atoms with van der Waals surface area (Å²) in [5.74, 6) is -0.781. The molecule has 2 aromatic carbocycles. The smallest absolute Gasteiger partial charge is 0.292 e. The molecule has 0 spiro atoms. The van der Waals surface area contributed by atoms with Gasteiger partial charge in [0.05, 0.1) is 23.5 Å². The number of carbonyl (C=O) groups is 1. The van der Waals surface area contributed by atoms with Gasteiger partial charge in [0.1, 0.15) is 23.1 Å². The predicted molar refractivity (Wildman–Crippen MR) is 116 cm³/mol. The molecular formula is C24H18FN5O2. The van der Waals surface area contributed by atoms with E-state index in [1.807, 2.05) is 36.4 Å². The van der Waals surface area contributed by atoms with Crippen LogP contribution in [0.4, 0.5) is 4.39 Å². The highest BCUT2D eigenvalue weighted by Crippen LogP contribution is 2.39. The molecule has 0 fully saturated rings. The number of aromatic amines is 1. The van der Waals surface area contributed by atoms with Crippen LogP contribution in [0.5, 0.6) is 5.75 Å². The molecule has 1 unspecified atom stereocenters. The number of halogens is 1. The van der Waals surface area contributed by atoms with Crippen LogP contribution in [0.15, 0.2) is 84.4 Å². The lowest BCUT2D eigenvalue weighted by molar-refractivity contribution is 0.0701. The lowest BCUT2D eigenvalue weighted by Crippen LogP contribution is -2.28. The van der Waals surface area contributed by atoms with Crippen LogP contribution in [0.2, 0.25) is 0 Å². The topological polar surface area (TPSA) is 94.5 Å². The number of hydrazone groups is 1. The number of aromatic nitrogens is 3. The fourth-order valence-corrected chi connectivity index (χ4v) is 3.78. The van der Waals surface area contributed by atoms with Crippen molar-refractivity contribution in [3.05, 3.63) is 102 Å². The summed E-state index contributed by atoms with van der Waals surface area (Å²) in [4.78, 5) is 24.8. The first kappa shape index (κ1) is 19.6. The maximum absolute atomic E-state index is 14.7. The number of pyridine rings is 1. The van der Waals surface area contributed by atoms with Gasteiger partial charge in [0.25, 0.3) is 5.91 Å². The second-order valence-electron chi connectivity index (χ2n) is 7.34. The molecule has 2 aromatic heterocycles. The summed E-state index contributed by atoms with van der Waals surface area (Å²) in [5.41, 5.74) is 2.35. The zero-order valence-electron chi connectivity index (χ0n) is 16.8. The van der Waals surface area contributed by atoms with E-state index in [4.69, 9.17) is 0 Å². The Hall–Kier alpha value is -4.33. The normalized spacial score (nSPS) is 15.6. The number of rotatable bonds is 4. The standard InChI is InChI=1S/C24H18FN5O2/c25-17-9-4-10-21(31)22(17)20-12-18(16-8-5-11-26-13-16)29-30(20)24(32)19-14-27-23(28-19)15-6-2-1-3-7-15/h1-11,13-14,20,31H,12H2,(H,27,28). The number of hydrogen-bond acceptors (Lipinski definition) is 5. The molecule has 0 radical (unpaired) electrons. The van der Waals surface area contributed by atoms with Gasteiger partial charge in [-0.25, -0.2) is 14.4 Å². The Labute approximate surface area is 182 Å². The molecule has 7 nitrogen and oxygen atoms in total. The van der Waals surface area contributed by atoms with Gasteiger partial charge >= 0.3 is 0 Å². The molecular weight excluding hydrogens is 409 g/mol. The van der Waals surface area contributed by atoms with Gasteiger partial charge in [0.15, 0.2) is 0 Å². The highest BCUT2D eigenvalue weighted by Gasteiger charge is 2.37. The number of aromatic hydroxyl groups is 1. The fraction of sp³-hybridized carbons (Fsp3) is 0.0833. The maximum Gasteiger partial charge on any atom is 0.292 e. The predicted octanol–water partition coefficient (Wildman–Crippen LogP) is 4.31. The van der Waals surface area contributed by atoms with Crippen molar-refractivity contribution in [2.45, 2.75) is 12.5 Å². The number of hydrogen-bond donors (Lipinski definition) is 2. The summed E-state index contributed by atoms with van der Waals surface area (Å²) in [6, 6.07) is 16.2. The van der Waals surface area contributed by atoms with E-state index in [1.54, 1.807) is 18.5 Å². The van der Waals surface area contributed by atoms with Gasteiger partial charge in [-0.2, -0.15) is 5.10 Å². The van der Waals surface area contributed by atoms with Crippen molar-refractivity contribution >= 4 is 11.6 Å². The number of H-pyrrole nitrogens is 1. The van der Waals surface area contributed by atoms with E-state index in [2.05, 4.69) is 20.1 Å². The van der Waals surface area contributed by atoms with Crippen LogP contribution >= 0.6 is 0 Å². The van der Waals surface area contributed by atoms with Gasteiger partial charge in [0.2, 0.25) is 0 Å². The number of amides is 1. The molecule has 3 heterocycles. The number of imidazole rings is 1. The minimum Gasteiger partial charge on any atom is -0.507 e. The quantitative estimate of drug-likeness (QED) is 0.508. The van der Waals surface area contributed by atoms with Crippen LogP contribution in [0, 0.1) is 5.82 Å².